The normalized spacial score (nSPS) is 17.1. The minimum atomic E-state index is -0.317. The van der Waals surface area contributed by atoms with Crippen LogP contribution in [-0.4, -0.2) is 49.1 Å². The summed E-state index contributed by atoms with van der Waals surface area (Å²) in [6, 6.07) is 0.0443. The molecule has 6 nitrogen and oxygen atoms in total. The van der Waals surface area contributed by atoms with Crippen LogP contribution in [0.15, 0.2) is 4.99 Å². The molecule has 1 aliphatic heterocycles. The number of hydrogen-bond acceptors (Lipinski definition) is 2. The van der Waals surface area contributed by atoms with Crippen LogP contribution in [0.4, 0.5) is 4.79 Å². The van der Waals surface area contributed by atoms with Gasteiger partial charge in [-0.25, -0.2) is 4.79 Å². The van der Waals surface area contributed by atoms with E-state index in [0.29, 0.717) is 12.0 Å². The van der Waals surface area contributed by atoms with Crippen molar-refractivity contribution in [1.82, 2.24) is 15.5 Å². The molecule has 0 saturated carbocycles. The van der Waals surface area contributed by atoms with Crippen LogP contribution in [0.1, 0.15) is 46.5 Å². The molecule has 0 aliphatic carbocycles. The highest BCUT2D eigenvalue weighted by molar-refractivity contribution is 5.80. The predicted molar refractivity (Wildman–Crippen MR) is 87.4 cm³/mol. The number of piperidine rings is 1. The lowest BCUT2D eigenvalue weighted by Crippen LogP contribution is -2.50. The molecule has 0 bridgehead atoms. The summed E-state index contributed by atoms with van der Waals surface area (Å²) in [4.78, 5) is 17.5. The van der Waals surface area contributed by atoms with Crippen LogP contribution < -0.4 is 16.4 Å². The van der Waals surface area contributed by atoms with E-state index in [1.807, 2.05) is 0 Å². The van der Waals surface area contributed by atoms with Crippen LogP contribution in [0.3, 0.4) is 0 Å². The molecule has 21 heavy (non-hydrogen) atoms. The Labute approximate surface area is 128 Å². The first-order valence-corrected chi connectivity index (χ1v) is 8.19. The summed E-state index contributed by atoms with van der Waals surface area (Å²) in [5, 5.41) is 6.78. The van der Waals surface area contributed by atoms with Gasteiger partial charge in [0.05, 0.1) is 0 Å². The van der Waals surface area contributed by atoms with E-state index in [-0.39, 0.29) is 6.03 Å². The first-order chi connectivity index (χ1) is 10.1. The summed E-state index contributed by atoms with van der Waals surface area (Å²) < 4.78 is 0. The number of urea groups is 1. The van der Waals surface area contributed by atoms with E-state index in [9.17, 15) is 4.79 Å². The van der Waals surface area contributed by atoms with Gasteiger partial charge in [0.1, 0.15) is 0 Å². The third-order valence-electron chi connectivity index (χ3n) is 4.15. The lowest BCUT2D eigenvalue weighted by atomic mass is 10.0. The Balaban J connectivity index is 2.47. The van der Waals surface area contributed by atoms with E-state index in [2.05, 4.69) is 31.4 Å². The number of primary amides is 1. The molecule has 0 aromatic rings. The van der Waals surface area contributed by atoms with Crippen molar-refractivity contribution >= 4 is 12.0 Å². The highest BCUT2D eigenvalue weighted by Gasteiger charge is 2.21. The van der Waals surface area contributed by atoms with Crippen molar-refractivity contribution in [1.29, 1.82) is 0 Å². The molecule has 1 saturated heterocycles. The van der Waals surface area contributed by atoms with Gasteiger partial charge in [0, 0.05) is 32.2 Å². The highest BCUT2D eigenvalue weighted by Crippen LogP contribution is 2.10. The van der Waals surface area contributed by atoms with Gasteiger partial charge in [0.15, 0.2) is 5.96 Å². The molecule has 0 aromatic heterocycles. The second-order valence-corrected chi connectivity index (χ2v) is 5.65. The maximum Gasteiger partial charge on any atom is 0.314 e. The molecule has 2 amide bonds. The Hall–Kier alpha value is -1.46. The maximum absolute atomic E-state index is 11.1. The van der Waals surface area contributed by atoms with Gasteiger partial charge in [-0.05, 0) is 25.7 Å². The van der Waals surface area contributed by atoms with Crippen molar-refractivity contribution in [3.8, 4) is 0 Å². The van der Waals surface area contributed by atoms with Gasteiger partial charge in [-0.15, -0.1) is 0 Å². The third-order valence-corrected chi connectivity index (χ3v) is 4.15. The predicted octanol–water partition coefficient (Wildman–Crippen LogP) is 1.52. The van der Waals surface area contributed by atoms with Gasteiger partial charge in [-0.3, -0.25) is 4.99 Å². The molecular formula is C15H31N5O. The van der Waals surface area contributed by atoms with E-state index < -0.39 is 0 Å². The molecule has 122 valence electrons. The van der Waals surface area contributed by atoms with Crippen molar-refractivity contribution in [2.45, 2.75) is 52.5 Å². The van der Waals surface area contributed by atoms with E-state index >= 15 is 0 Å². The molecule has 1 fully saturated rings. The number of carbonyl (C=O) groups excluding carboxylic acids is 1. The van der Waals surface area contributed by atoms with E-state index in [1.165, 1.54) is 0 Å². The fourth-order valence-corrected chi connectivity index (χ4v) is 2.52. The number of carbonyl (C=O) groups is 1. The third kappa shape index (κ3) is 6.23. The molecule has 1 aliphatic rings. The number of nitrogens with two attached hydrogens (primary N) is 1. The lowest BCUT2D eigenvalue weighted by molar-refractivity contribution is 0.188. The second kappa shape index (κ2) is 9.47. The number of nitrogens with zero attached hydrogens (tertiary/aromatic N) is 2. The average molecular weight is 297 g/mol. The summed E-state index contributed by atoms with van der Waals surface area (Å²) in [5.74, 6) is 1.54. The molecule has 0 aromatic carbocycles. The zero-order valence-electron chi connectivity index (χ0n) is 13.7. The van der Waals surface area contributed by atoms with Crippen LogP contribution in [-0.2, 0) is 0 Å². The van der Waals surface area contributed by atoms with Crippen LogP contribution in [0, 0.1) is 5.92 Å². The van der Waals surface area contributed by atoms with Crippen LogP contribution in [0.2, 0.25) is 0 Å². The number of hydrogen-bond donors (Lipinski definition) is 3. The molecule has 0 atom stereocenters. The van der Waals surface area contributed by atoms with Gasteiger partial charge >= 0.3 is 6.03 Å². The van der Waals surface area contributed by atoms with Crippen molar-refractivity contribution in [2.75, 3.05) is 26.2 Å². The Kier molecular flexibility index (Phi) is 7.93. The van der Waals surface area contributed by atoms with Gasteiger partial charge in [-0.2, -0.15) is 0 Å². The number of nitrogens with one attached hydrogen (secondary N) is 2. The second-order valence-electron chi connectivity index (χ2n) is 5.65. The molecule has 0 unspecified atom stereocenters. The fraction of sp³-hybridized carbons (Fsp3) is 0.867. The first kappa shape index (κ1) is 17.6. The Bertz CT molecular complexity index is 333. The minimum absolute atomic E-state index is 0.317. The number of aliphatic imine (C=N–C) groups is 1. The largest absolute Gasteiger partial charge is 0.357 e. The molecule has 1 heterocycles. The van der Waals surface area contributed by atoms with Gasteiger partial charge in [-0.1, -0.05) is 26.7 Å². The zero-order valence-corrected chi connectivity index (χ0v) is 13.7. The van der Waals surface area contributed by atoms with E-state index in [4.69, 9.17) is 10.7 Å². The van der Waals surface area contributed by atoms with Crippen LogP contribution in [0.25, 0.3) is 0 Å². The molecular weight excluding hydrogens is 266 g/mol. The Morgan fingerprint density at radius 2 is 1.90 bits per heavy atom. The molecule has 6 heteroatoms. The summed E-state index contributed by atoms with van der Waals surface area (Å²) in [6.45, 7) is 9.66. The quantitative estimate of drug-likeness (QED) is 0.513. The minimum Gasteiger partial charge on any atom is -0.357 e. The topological polar surface area (TPSA) is 82.8 Å². The summed E-state index contributed by atoms with van der Waals surface area (Å²) in [6.07, 6.45) is 4.16. The Morgan fingerprint density at radius 1 is 1.29 bits per heavy atom. The monoisotopic (exact) mass is 297 g/mol. The van der Waals surface area contributed by atoms with Gasteiger partial charge < -0.3 is 21.3 Å². The van der Waals surface area contributed by atoms with Crippen molar-refractivity contribution in [3.63, 3.8) is 0 Å². The number of likely N-dealkylation sites (tertiary alicyclic amines) is 1. The molecule has 4 N–H and O–H groups in total. The number of amides is 2. The van der Waals surface area contributed by atoms with Crippen LogP contribution >= 0.6 is 0 Å². The number of rotatable bonds is 6. The molecule has 0 radical (unpaired) electrons. The Morgan fingerprint density at radius 3 is 2.38 bits per heavy atom. The summed E-state index contributed by atoms with van der Waals surface area (Å²) in [7, 11) is 0. The van der Waals surface area contributed by atoms with Gasteiger partial charge in [0.25, 0.3) is 0 Å². The van der Waals surface area contributed by atoms with Crippen molar-refractivity contribution in [2.24, 2.45) is 16.6 Å². The van der Waals surface area contributed by atoms with Crippen LogP contribution in [0.5, 0.6) is 0 Å². The first-order valence-electron chi connectivity index (χ1n) is 8.19. The molecule has 1 rings (SSSR count). The number of guanidine groups is 1. The zero-order chi connectivity index (χ0) is 15.7. The highest BCUT2D eigenvalue weighted by atomic mass is 16.2. The lowest BCUT2D eigenvalue weighted by Gasteiger charge is -2.32. The van der Waals surface area contributed by atoms with E-state index in [1.54, 1.807) is 4.90 Å². The summed E-state index contributed by atoms with van der Waals surface area (Å²) >= 11 is 0. The van der Waals surface area contributed by atoms with Crippen molar-refractivity contribution < 1.29 is 4.79 Å². The SMILES string of the molecule is CCNC(=NCC(CC)CC)NC1CCN(C(N)=O)CC1. The molecule has 0 spiro atoms. The maximum atomic E-state index is 11.1. The van der Waals surface area contributed by atoms with Crippen molar-refractivity contribution in [3.05, 3.63) is 0 Å². The van der Waals surface area contributed by atoms with E-state index in [0.717, 1.165) is 57.8 Å². The fourth-order valence-electron chi connectivity index (χ4n) is 2.52. The van der Waals surface area contributed by atoms with Gasteiger partial charge in [0.2, 0.25) is 0 Å². The summed E-state index contributed by atoms with van der Waals surface area (Å²) in [5.41, 5.74) is 5.30. The average Bonchev–Trinajstić information content (AvgIpc) is 2.49. The standard InChI is InChI=1S/C15H31N5O/c1-4-12(5-2)11-18-15(17-6-3)19-13-7-9-20(10-8-13)14(16)21/h12-13H,4-11H2,1-3H3,(H2,16,21)(H2,17,18,19). The smallest absolute Gasteiger partial charge is 0.314 e.